The molecule has 0 aromatic heterocycles. The smallest absolute Gasteiger partial charge is 0.0260 e. The molecule has 1 nitrogen and oxygen atoms in total. The maximum atomic E-state index is 3.82. The molecule has 1 rings (SSSR count). The second kappa shape index (κ2) is 14.5. The molecule has 1 N–H and O–H groups in total. The van der Waals surface area contributed by atoms with Gasteiger partial charge in [0.1, 0.15) is 0 Å². The highest BCUT2D eigenvalue weighted by molar-refractivity contribution is 8.01. The quantitative estimate of drug-likeness (QED) is 0.423. The highest BCUT2D eigenvalue weighted by atomic mass is 32.2. The van der Waals surface area contributed by atoms with E-state index in [2.05, 4.69) is 31.7 Å². The van der Waals surface area contributed by atoms with E-state index in [4.69, 9.17) is 0 Å². The van der Waals surface area contributed by atoms with E-state index < -0.39 is 0 Å². The van der Waals surface area contributed by atoms with E-state index in [0.717, 1.165) is 10.8 Å². The summed E-state index contributed by atoms with van der Waals surface area (Å²) in [5, 5.41) is 0. The molecule has 0 saturated heterocycles. The molecule has 2 atom stereocenters. The van der Waals surface area contributed by atoms with Gasteiger partial charge < -0.3 is 0 Å². The Labute approximate surface area is 138 Å². The summed E-state index contributed by atoms with van der Waals surface area (Å²) in [6, 6.07) is 0. The fourth-order valence-corrected chi connectivity index (χ4v) is 3.30. The predicted molar refractivity (Wildman–Crippen MR) is 103 cm³/mol. The minimum atomic E-state index is 0.271. The zero-order valence-corrected chi connectivity index (χ0v) is 16.0. The van der Waals surface area contributed by atoms with Crippen LogP contribution in [0.1, 0.15) is 73.6 Å². The fraction of sp³-hybridized carbons (Fsp3) is 0.684. The summed E-state index contributed by atoms with van der Waals surface area (Å²) >= 11 is 1.69. The molecule has 0 aromatic carbocycles. The van der Waals surface area contributed by atoms with Gasteiger partial charge in [-0.15, -0.1) is 0 Å². The Morgan fingerprint density at radius 3 is 2.38 bits per heavy atom. The summed E-state index contributed by atoms with van der Waals surface area (Å²) in [6.45, 7) is 20.2. The van der Waals surface area contributed by atoms with Crippen molar-refractivity contribution in [1.82, 2.24) is 4.72 Å². The molecule has 1 aliphatic carbocycles. The van der Waals surface area contributed by atoms with Crippen molar-refractivity contribution < 1.29 is 0 Å². The lowest BCUT2D eigenvalue weighted by atomic mass is 9.76. The van der Waals surface area contributed by atoms with Gasteiger partial charge in [0, 0.05) is 10.4 Å². The Morgan fingerprint density at radius 2 is 1.90 bits per heavy atom. The zero-order valence-electron chi connectivity index (χ0n) is 15.2. The van der Waals surface area contributed by atoms with E-state index in [1.54, 1.807) is 11.9 Å². The number of hydrogen-bond donors (Lipinski definition) is 1. The van der Waals surface area contributed by atoms with E-state index >= 15 is 0 Å². The summed E-state index contributed by atoms with van der Waals surface area (Å²) < 4.78 is 3.63. The van der Waals surface area contributed by atoms with Gasteiger partial charge in [-0.25, -0.2) is 0 Å². The normalized spacial score (nSPS) is 24.9. The van der Waals surface area contributed by atoms with E-state index in [1.165, 1.54) is 32.1 Å². The van der Waals surface area contributed by atoms with Crippen molar-refractivity contribution in [1.29, 1.82) is 0 Å². The maximum absolute atomic E-state index is 3.82. The van der Waals surface area contributed by atoms with Gasteiger partial charge in [-0.1, -0.05) is 79.2 Å². The first kappa shape index (κ1) is 22.8. The van der Waals surface area contributed by atoms with Gasteiger partial charge in [0.05, 0.1) is 0 Å². The van der Waals surface area contributed by atoms with Gasteiger partial charge in [-0.05, 0) is 43.7 Å². The van der Waals surface area contributed by atoms with Gasteiger partial charge in [0.25, 0.3) is 0 Å². The molecular formula is C19H37NS. The summed E-state index contributed by atoms with van der Waals surface area (Å²) in [5.41, 5.74) is 0.271. The van der Waals surface area contributed by atoms with Crippen molar-refractivity contribution >= 4 is 11.9 Å². The molecule has 124 valence electrons. The van der Waals surface area contributed by atoms with Gasteiger partial charge in [0.2, 0.25) is 0 Å². The SMILES string of the molecule is C=C/C=C(\C=C)SNC1(C)CCCC(CC)C1.CC.CC. The first-order valence-electron chi connectivity index (χ1n) is 8.52. The van der Waals surface area contributed by atoms with Crippen molar-refractivity contribution in [2.45, 2.75) is 79.2 Å². The van der Waals surface area contributed by atoms with Crippen LogP contribution < -0.4 is 4.72 Å². The van der Waals surface area contributed by atoms with Crippen molar-refractivity contribution in [3.8, 4) is 0 Å². The van der Waals surface area contributed by atoms with Crippen LogP contribution in [-0.2, 0) is 0 Å². The van der Waals surface area contributed by atoms with Crippen LogP contribution in [0.4, 0.5) is 0 Å². The second-order valence-electron chi connectivity index (χ2n) is 5.14. The van der Waals surface area contributed by atoms with Gasteiger partial charge in [-0.3, -0.25) is 4.72 Å². The molecule has 0 spiro atoms. The van der Waals surface area contributed by atoms with Gasteiger partial charge >= 0.3 is 0 Å². The van der Waals surface area contributed by atoms with E-state index in [9.17, 15) is 0 Å². The molecule has 0 aliphatic heterocycles. The first-order valence-corrected chi connectivity index (χ1v) is 9.34. The van der Waals surface area contributed by atoms with Crippen LogP contribution in [0.15, 0.2) is 36.3 Å². The van der Waals surface area contributed by atoms with Crippen LogP contribution in [0.2, 0.25) is 0 Å². The molecule has 0 heterocycles. The molecule has 1 aliphatic rings. The van der Waals surface area contributed by atoms with Crippen LogP contribution in [0.3, 0.4) is 0 Å². The predicted octanol–water partition coefficient (Wildman–Crippen LogP) is 6.89. The Hall–Kier alpha value is -0.470. The minimum absolute atomic E-state index is 0.271. The Balaban J connectivity index is 0. The van der Waals surface area contributed by atoms with Crippen molar-refractivity contribution in [3.63, 3.8) is 0 Å². The molecule has 1 fully saturated rings. The third kappa shape index (κ3) is 9.97. The van der Waals surface area contributed by atoms with Gasteiger partial charge in [0.15, 0.2) is 0 Å². The van der Waals surface area contributed by atoms with Crippen LogP contribution >= 0.6 is 11.9 Å². The zero-order chi connectivity index (χ0) is 16.7. The lowest BCUT2D eigenvalue weighted by Gasteiger charge is -2.38. The molecule has 2 heteroatoms. The topological polar surface area (TPSA) is 12.0 Å². The summed E-state index contributed by atoms with van der Waals surface area (Å²) in [6.07, 6.45) is 12.3. The Bertz CT molecular complexity index is 296. The lowest BCUT2D eigenvalue weighted by molar-refractivity contribution is 0.223. The van der Waals surface area contributed by atoms with E-state index in [1.807, 2.05) is 45.9 Å². The minimum Gasteiger partial charge on any atom is -0.254 e. The third-order valence-electron chi connectivity index (χ3n) is 3.56. The van der Waals surface area contributed by atoms with Crippen LogP contribution in [-0.4, -0.2) is 5.54 Å². The van der Waals surface area contributed by atoms with Crippen molar-refractivity contribution in [3.05, 3.63) is 36.3 Å². The highest BCUT2D eigenvalue weighted by Crippen LogP contribution is 2.35. The Morgan fingerprint density at radius 1 is 1.29 bits per heavy atom. The van der Waals surface area contributed by atoms with Crippen LogP contribution in [0, 0.1) is 5.92 Å². The monoisotopic (exact) mass is 311 g/mol. The van der Waals surface area contributed by atoms with Gasteiger partial charge in [-0.2, -0.15) is 0 Å². The average molecular weight is 312 g/mol. The standard InChI is InChI=1S/C15H25NS.2C2H6/c1-5-9-14(7-3)17-16-15(4)11-8-10-13(6-2)12-15;2*1-2/h5,7,9,13,16H,1,3,6,8,10-12H2,2,4H3;2*1-2H3/b14-9+;;. The molecule has 0 amide bonds. The highest BCUT2D eigenvalue weighted by Gasteiger charge is 2.31. The van der Waals surface area contributed by atoms with E-state index in [-0.39, 0.29) is 5.54 Å². The average Bonchev–Trinajstić information content (AvgIpc) is 2.55. The fourth-order valence-electron chi connectivity index (χ4n) is 2.51. The van der Waals surface area contributed by atoms with Crippen LogP contribution in [0.5, 0.6) is 0 Å². The summed E-state index contributed by atoms with van der Waals surface area (Å²) in [7, 11) is 0. The number of hydrogen-bond acceptors (Lipinski definition) is 2. The number of allylic oxidation sites excluding steroid dienone is 3. The summed E-state index contributed by atoms with van der Waals surface area (Å²) in [4.78, 5) is 1.14. The van der Waals surface area contributed by atoms with Crippen molar-refractivity contribution in [2.24, 2.45) is 5.92 Å². The molecule has 0 bridgehead atoms. The van der Waals surface area contributed by atoms with Crippen LogP contribution in [0.25, 0.3) is 0 Å². The first-order chi connectivity index (χ1) is 10.1. The summed E-state index contributed by atoms with van der Waals surface area (Å²) in [5.74, 6) is 0.886. The molecule has 0 aromatic rings. The van der Waals surface area contributed by atoms with Crippen molar-refractivity contribution in [2.75, 3.05) is 0 Å². The third-order valence-corrected chi connectivity index (χ3v) is 4.69. The number of nitrogens with one attached hydrogen (secondary N) is 1. The molecule has 1 saturated carbocycles. The van der Waals surface area contributed by atoms with E-state index in [0.29, 0.717) is 0 Å². The molecule has 21 heavy (non-hydrogen) atoms. The molecular weight excluding hydrogens is 274 g/mol. The largest absolute Gasteiger partial charge is 0.254 e. The Kier molecular flexibility index (Phi) is 15.7. The maximum Gasteiger partial charge on any atom is 0.0260 e. The lowest BCUT2D eigenvalue weighted by Crippen LogP contribution is -2.42. The second-order valence-corrected chi connectivity index (χ2v) is 6.02. The molecule has 2 unspecified atom stereocenters. The molecule has 0 radical (unpaired) electrons. The number of rotatable bonds is 6.